The average Bonchev–Trinajstić information content (AvgIpc) is 3.48. The van der Waals surface area contributed by atoms with Crippen LogP contribution in [0.4, 0.5) is 0 Å². The van der Waals surface area contributed by atoms with Crippen molar-refractivity contribution >= 4 is 43.5 Å². The standard InChI is InChI=1S/C41H23N3O/c1-2-10-28(11-3-1)39-42-40(29-20-17-27(18-21-29)33-22-19-26-9-4-5-12-30(26)23-33)44-41(43-39)34-15-8-16-36-38(34)35-24-31-13-6-7-14-32(31)25-37(35)45-36/h1-17,19-20,22-25H. The lowest BCUT2D eigenvalue weighted by molar-refractivity contribution is 0.669. The fourth-order valence-electron chi connectivity index (χ4n) is 6.07. The lowest BCUT2D eigenvalue weighted by Crippen LogP contribution is -2.00. The average molecular weight is 574 g/mol. The molecule has 0 spiro atoms. The molecular weight excluding hydrogens is 550 g/mol. The molecule has 9 aromatic rings. The van der Waals surface area contributed by atoms with E-state index >= 15 is 0 Å². The molecule has 9 rings (SSSR count). The van der Waals surface area contributed by atoms with Gasteiger partial charge in [-0.25, -0.2) is 15.0 Å². The second-order valence-corrected chi connectivity index (χ2v) is 11.1. The van der Waals surface area contributed by atoms with Crippen LogP contribution in [-0.2, 0) is 0 Å². The topological polar surface area (TPSA) is 51.8 Å². The van der Waals surface area contributed by atoms with Crippen molar-refractivity contribution in [3.8, 4) is 45.3 Å². The summed E-state index contributed by atoms with van der Waals surface area (Å²) in [6.07, 6.45) is 0. The van der Waals surface area contributed by atoms with Crippen molar-refractivity contribution in [3.63, 3.8) is 0 Å². The van der Waals surface area contributed by atoms with Crippen molar-refractivity contribution in [2.75, 3.05) is 0 Å². The van der Waals surface area contributed by atoms with Crippen molar-refractivity contribution in [1.29, 1.82) is 0 Å². The molecule has 0 bridgehead atoms. The third-order valence-corrected chi connectivity index (χ3v) is 8.32. The molecule has 45 heavy (non-hydrogen) atoms. The number of rotatable bonds is 4. The minimum Gasteiger partial charge on any atom is -0.456 e. The van der Waals surface area contributed by atoms with Gasteiger partial charge in [-0.1, -0.05) is 115 Å². The zero-order chi connectivity index (χ0) is 29.7. The highest BCUT2D eigenvalue weighted by Gasteiger charge is 2.18. The number of furan rings is 1. The van der Waals surface area contributed by atoms with Crippen molar-refractivity contribution in [1.82, 2.24) is 15.0 Å². The Morgan fingerprint density at radius 2 is 1.09 bits per heavy atom. The molecule has 0 fully saturated rings. The fraction of sp³-hybridized carbons (Fsp3) is 0. The Balaban J connectivity index is 1.21. The number of nitrogens with zero attached hydrogens (tertiary/aromatic N) is 3. The van der Waals surface area contributed by atoms with E-state index in [9.17, 15) is 0 Å². The van der Waals surface area contributed by atoms with Gasteiger partial charge in [-0.15, -0.1) is 0 Å². The first-order valence-corrected chi connectivity index (χ1v) is 14.9. The maximum Gasteiger partial charge on any atom is 0.172 e. The second-order valence-electron chi connectivity index (χ2n) is 11.1. The highest BCUT2D eigenvalue weighted by atomic mass is 16.3. The number of fused-ring (bicyclic) bond motifs is 5. The molecule has 0 radical (unpaired) electrons. The van der Waals surface area contributed by atoms with Gasteiger partial charge in [-0.3, -0.25) is 0 Å². The molecule has 208 valence electrons. The van der Waals surface area contributed by atoms with E-state index in [0.717, 1.165) is 60.5 Å². The van der Waals surface area contributed by atoms with E-state index in [1.165, 1.54) is 10.8 Å². The number of benzene rings is 6. The summed E-state index contributed by atoms with van der Waals surface area (Å²) >= 11 is 0. The highest BCUT2D eigenvalue weighted by molar-refractivity contribution is 6.15. The van der Waals surface area contributed by atoms with Gasteiger partial charge in [-0.2, -0.15) is 0 Å². The third kappa shape index (κ3) is 4.38. The lowest BCUT2D eigenvalue weighted by atomic mass is 10.0. The predicted molar refractivity (Wildman–Crippen MR) is 182 cm³/mol. The zero-order valence-electron chi connectivity index (χ0n) is 24.0. The maximum absolute atomic E-state index is 6.35. The van der Waals surface area contributed by atoms with Crippen LogP contribution >= 0.6 is 0 Å². The number of hydrogen-bond acceptors (Lipinski definition) is 4. The normalized spacial score (nSPS) is 11.4. The Labute approximate surface area is 259 Å². The van der Waals surface area contributed by atoms with Crippen molar-refractivity contribution < 1.29 is 4.42 Å². The summed E-state index contributed by atoms with van der Waals surface area (Å²) in [5.41, 5.74) is 6.22. The molecule has 0 saturated heterocycles. The SMILES string of the molecule is c1c(-c2ccc3ccccc3c2)ccc(-c2nc(-c3ccccc3)nc(-c3cccc4oc5cc6ccccc6cc5c34)n2)c#1. The molecule has 2 aromatic heterocycles. The van der Waals surface area contributed by atoms with Gasteiger partial charge in [0.1, 0.15) is 11.2 Å². The Hall–Kier alpha value is -6.31. The molecule has 0 atom stereocenters. The van der Waals surface area contributed by atoms with Gasteiger partial charge >= 0.3 is 0 Å². The maximum atomic E-state index is 6.35. The van der Waals surface area contributed by atoms with E-state index in [2.05, 4.69) is 97.1 Å². The fourth-order valence-corrected chi connectivity index (χ4v) is 6.07. The molecule has 0 N–H and O–H groups in total. The first kappa shape index (κ1) is 25.2. The van der Waals surface area contributed by atoms with Crippen molar-refractivity contribution in [3.05, 3.63) is 152 Å². The van der Waals surface area contributed by atoms with Crippen LogP contribution in [0.3, 0.4) is 0 Å². The van der Waals surface area contributed by atoms with Gasteiger partial charge in [0.05, 0.1) is 5.56 Å². The van der Waals surface area contributed by atoms with Gasteiger partial charge in [0.25, 0.3) is 0 Å². The van der Waals surface area contributed by atoms with Crippen LogP contribution in [0.1, 0.15) is 0 Å². The summed E-state index contributed by atoms with van der Waals surface area (Å²) in [5, 5.41) is 6.70. The summed E-state index contributed by atoms with van der Waals surface area (Å²) in [5.74, 6) is 1.71. The molecule has 2 heterocycles. The lowest BCUT2D eigenvalue weighted by Gasteiger charge is -2.09. The molecule has 4 nitrogen and oxygen atoms in total. The van der Waals surface area contributed by atoms with Crippen LogP contribution in [0.15, 0.2) is 144 Å². The summed E-state index contributed by atoms with van der Waals surface area (Å²) in [7, 11) is 0. The monoisotopic (exact) mass is 573 g/mol. The molecule has 0 unspecified atom stereocenters. The minimum atomic E-state index is 0.537. The van der Waals surface area contributed by atoms with E-state index in [1.807, 2.05) is 54.6 Å². The first-order chi connectivity index (χ1) is 22.3. The number of aromatic nitrogens is 3. The molecule has 4 heteroatoms. The molecule has 7 aromatic carbocycles. The summed E-state index contributed by atoms with van der Waals surface area (Å²) in [4.78, 5) is 14.9. The second kappa shape index (κ2) is 10.2. The minimum absolute atomic E-state index is 0.537. The summed E-state index contributed by atoms with van der Waals surface area (Å²) in [6, 6.07) is 54.2. The van der Waals surface area contributed by atoms with Gasteiger partial charge < -0.3 is 4.42 Å². The van der Waals surface area contributed by atoms with E-state index in [0.29, 0.717) is 17.5 Å². The van der Waals surface area contributed by atoms with Gasteiger partial charge in [0.15, 0.2) is 17.5 Å². The molecule has 0 aliphatic carbocycles. The summed E-state index contributed by atoms with van der Waals surface area (Å²) < 4.78 is 6.35. The quantitative estimate of drug-likeness (QED) is 0.210. The van der Waals surface area contributed by atoms with Crippen LogP contribution in [0.25, 0.3) is 88.8 Å². The zero-order valence-corrected chi connectivity index (χ0v) is 24.0. The Bertz CT molecular complexity index is 2530. The van der Waals surface area contributed by atoms with Crippen molar-refractivity contribution in [2.45, 2.75) is 0 Å². The Morgan fingerprint density at radius 1 is 0.422 bits per heavy atom. The van der Waals surface area contributed by atoms with E-state index in [-0.39, 0.29) is 0 Å². The molecular formula is C41H23N3O. The van der Waals surface area contributed by atoms with E-state index in [4.69, 9.17) is 19.4 Å². The van der Waals surface area contributed by atoms with Crippen LogP contribution in [0.2, 0.25) is 0 Å². The molecule has 0 aliphatic rings. The molecule has 0 saturated carbocycles. The van der Waals surface area contributed by atoms with Gasteiger partial charge in [0.2, 0.25) is 0 Å². The summed E-state index contributed by atoms with van der Waals surface area (Å²) in [6.45, 7) is 0. The molecule has 0 aliphatic heterocycles. The third-order valence-electron chi connectivity index (χ3n) is 8.32. The highest BCUT2D eigenvalue weighted by Crippen LogP contribution is 2.38. The van der Waals surface area contributed by atoms with Crippen LogP contribution in [0, 0.1) is 12.1 Å². The van der Waals surface area contributed by atoms with E-state index < -0.39 is 0 Å². The van der Waals surface area contributed by atoms with E-state index in [1.54, 1.807) is 0 Å². The Kier molecular flexibility index (Phi) is 5.69. The van der Waals surface area contributed by atoms with Gasteiger partial charge in [-0.05, 0) is 63.5 Å². The smallest absolute Gasteiger partial charge is 0.172 e. The Morgan fingerprint density at radius 3 is 1.89 bits per heavy atom. The first-order valence-electron chi connectivity index (χ1n) is 14.9. The van der Waals surface area contributed by atoms with Gasteiger partial charge in [0, 0.05) is 27.5 Å². The largest absolute Gasteiger partial charge is 0.456 e. The van der Waals surface area contributed by atoms with Crippen LogP contribution in [0.5, 0.6) is 0 Å². The predicted octanol–water partition coefficient (Wildman–Crippen LogP) is 10.3. The number of hydrogen-bond donors (Lipinski definition) is 0. The van der Waals surface area contributed by atoms with Crippen LogP contribution in [-0.4, -0.2) is 15.0 Å². The molecule has 0 amide bonds. The van der Waals surface area contributed by atoms with Crippen molar-refractivity contribution in [2.24, 2.45) is 0 Å². The van der Waals surface area contributed by atoms with Crippen LogP contribution < -0.4 is 0 Å².